The number of urea groups is 1. The molecule has 210 valence electrons. The molecular formula is C26H33N5O8. The number of amides is 2. The molecule has 0 bridgehead atoms. The summed E-state index contributed by atoms with van der Waals surface area (Å²) < 4.78 is 27.5. The van der Waals surface area contributed by atoms with Crippen molar-refractivity contribution >= 4 is 24.1 Å². The normalized spacial score (nSPS) is 18.4. The lowest BCUT2D eigenvalue weighted by molar-refractivity contribution is -0.136. The number of esters is 1. The third-order valence-electron chi connectivity index (χ3n) is 6.02. The Balaban J connectivity index is 1.37. The van der Waals surface area contributed by atoms with Gasteiger partial charge in [-0.05, 0) is 37.6 Å². The number of rotatable bonds is 11. The van der Waals surface area contributed by atoms with Crippen molar-refractivity contribution < 1.29 is 38.1 Å². The average Bonchev–Trinajstić information content (AvgIpc) is 3.41. The van der Waals surface area contributed by atoms with Crippen molar-refractivity contribution in [2.75, 3.05) is 51.5 Å². The number of benzene rings is 1. The van der Waals surface area contributed by atoms with Gasteiger partial charge < -0.3 is 44.0 Å². The van der Waals surface area contributed by atoms with Crippen LogP contribution in [0.4, 0.5) is 10.7 Å². The van der Waals surface area contributed by atoms with Crippen LogP contribution in [0.2, 0.25) is 0 Å². The molecule has 4 N–H and O–H groups in total. The predicted octanol–water partition coefficient (Wildman–Crippen LogP) is 1.64. The van der Waals surface area contributed by atoms with E-state index in [-0.39, 0.29) is 12.2 Å². The zero-order valence-electron chi connectivity index (χ0n) is 22.1. The maximum atomic E-state index is 12.4. The lowest BCUT2D eigenvalue weighted by Gasteiger charge is -2.28. The van der Waals surface area contributed by atoms with Crippen LogP contribution in [0.25, 0.3) is 0 Å². The van der Waals surface area contributed by atoms with Crippen LogP contribution in [0.15, 0.2) is 51.1 Å². The zero-order chi connectivity index (χ0) is 27.8. The molecule has 0 saturated carbocycles. The number of allylic oxidation sites excluding steroid dienone is 1. The first-order valence-electron chi connectivity index (χ1n) is 12.5. The minimum atomic E-state index is -1.12. The number of aliphatic hydroxyl groups is 1. The third-order valence-corrected chi connectivity index (χ3v) is 6.02. The summed E-state index contributed by atoms with van der Waals surface area (Å²) in [5, 5.41) is 19.7. The highest BCUT2D eigenvalue weighted by Crippen LogP contribution is 2.35. The molecule has 0 radical (unpaired) electrons. The van der Waals surface area contributed by atoms with E-state index < -0.39 is 24.3 Å². The fraction of sp³-hybridized carbons (Fsp3) is 0.423. The number of hydrazone groups is 1. The summed E-state index contributed by atoms with van der Waals surface area (Å²) >= 11 is 0. The van der Waals surface area contributed by atoms with Crippen LogP contribution in [-0.4, -0.2) is 76.2 Å². The first kappa shape index (κ1) is 27.8. The van der Waals surface area contributed by atoms with E-state index in [1.54, 1.807) is 31.2 Å². The van der Waals surface area contributed by atoms with Crippen LogP contribution in [0.3, 0.4) is 0 Å². The summed E-state index contributed by atoms with van der Waals surface area (Å²) in [6.45, 7) is 6.50. The van der Waals surface area contributed by atoms with E-state index in [1.807, 2.05) is 13.0 Å². The summed E-state index contributed by atoms with van der Waals surface area (Å²) in [5.41, 5.74) is 3.86. The summed E-state index contributed by atoms with van der Waals surface area (Å²) in [6, 6.07) is 7.49. The second-order valence-electron chi connectivity index (χ2n) is 8.69. The van der Waals surface area contributed by atoms with Gasteiger partial charge in [-0.1, -0.05) is 6.07 Å². The average molecular weight is 544 g/mol. The van der Waals surface area contributed by atoms with Crippen molar-refractivity contribution in [2.24, 2.45) is 5.10 Å². The molecule has 2 atom stereocenters. The molecule has 2 aliphatic heterocycles. The lowest BCUT2D eigenvalue weighted by atomic mass is 9.95. The van der Waals surface area contributed by atoms with Crippen molar-refractivity contribution in [3.05, 3.63) is 52.9 Å². The van der Waals surface area contributed by atoms with Gasteiger partial charge in [0.05, 0.1) is 44.8 Å². The third kappa shape index (κ3) is 7.00. The number of methoxy groups -OCH3 is 1. The number of nitrogens with one attached hydrogen (secondary N) is 3. The van der Waals surface area contributed by atoms with Gasteiger partial charge in [0.1, 0.15) is 12.4 Å². The number of ether oxygens (including phenoxy) is 4. The molecule has 0 aliphatic carbocycles. The van der Waals surface area contributed by atoms with Gasteiger partial charge >= 0.3 is 12.0 Å². The van der Waals surface area contributed by atoms with E-state index in [2.05, 4.69) is 26.1 Å². The fourth-order valence-corrected chi connectivity index (χ4v) is 4.17. The van der Waals surface area contributed by atoms with Crippen LogP contribution in [0.1, 0.15) is 31.2 Å². The van der Waals surface area contributed by atoms with Gasteiger partial charge in [0.15, 0.2) is 23.6 Å². The molecule has 2 amide bonds. The molecule has 3 heterocycles. The number of morpholine rings is 1. The number of hydrogen-bond donors (Lipinski definition) is 4. The molecule has 2 aliphatic rings. The van der Waals surface area contributed by atoms with E-state index in [1.165, 1.54) is 13.3 Å². The molecule has 0 unspecified atom stereocenters. The van der Waals surface area contributed by atoms with Gasteiger partial charge in [0, 0.05) is 24.9 Å². The molecule has 0 spiro atoms. The Kier molecular flexibility index (Phi) is 9.28. The van der Waals surface area contributed by atoms with Crippen molar-refractivity contribution in [3.63, 3.8) is 0 Å². The molecule has 13 nitrogen and oxygen atoms in total. The Bertz CT molecular complexity index is 1220. The first-order valence-corrected chi connectivity index (χ1v) is 12.5. The van der Waals surface area contributed by atoms with Gasteiger partial charge in [0.25, 0.3) is 0 Å². The first-order chi connectivity index (χ1) is 18.9. The second-order valence-corrected chi connectivity index (χ2v) is 8.69. The number of aliphatic hydroxyl groups excluding tert-OH is 1. The number of hydrogen-bond acceptors (Lipinski definition) is 11. The Hall–Kier alpha value is -4.23. The highest BCUT2D eigenvalue weighted by atomic mass is 16.5. The quantitative estimate of drug-likeness (QED) is 0.142. The topological polar surface area (TPSA) is 156 Å². The van der Waals surface area contributed by atoms with E-state index in [4.69, 9.17) is 23.4 Å². The number of carbonyl (C=O) groups excluding carboxylic acids is 2. The highest BCUT2D eigenvalue weighted by Gasteiger charge is 2.32. The molecule has 4 rings (SSSR count). The zero-order valence-corrected chi connectivity index (χ0v) is 22.1. The molecule has 1 saturated heterocycles. The largest absolute Gasteiger partial charge is 0.490 e. The monoisotopic (exact) mass is 543 g/mol. The predicted molar refractivity (Wildman–Crippen MR) is 141 cm³/mol. The van der Waals surface area contributed by atoms with Crippen LogP contribution < -0.4 is 30.4 Å². The molecule has 39 heavy (non-hydrogen) atoms. The Morgan fingerprint density at radius 1 is 1.26 bits per heavy atom. The van der Waals surface area contributed by atoms with E-state index in [0.29, 0.717) is 48.3 Å². The van der Waals surface area contributed by atoms with Gasteiger partial charge in [0.2, 0.25) is 0 Å². The highest BCUT2D eigenvalue weighted by molar-refractivity contribution is 5.95. The Morgan fingerprint density at radius 2 is 2.05 bits per heavy atom. The van der Waals surface area contributed by atoms with Crippen molar-refractivity contribution in [1.82, 2.24) is 16.1 Å². The maximum absolute atomic E-state index is 12.4. The molecule has 1 aromatic carbocycles. The summed E-state index contributed by atoms with van der Waals surface area (Å²) in [4.78, 5) is 26.6. The number of furan rings is 1. The Labute approximate surface area is 225 Å². The van der Waals surface area contributed by atoms with Crippen molar-refractivity contribution in [1.29, 1.82) is 0 Å². The second kappa shape index (κ2) is 13.0. The van der Waals surface area contributed by atoms with E-state index in [9.17, 15) is 14.7 Å². The smallest absolute Gasteiger partial charge is 0.337 e. The van der Waals surface area contributed by atoms with Crippen LogP contribution in [0, 0.1) is 0 Å². The van der Waals surface area contributed by atoms with E-state index >= 15 is 0 Å². The summed E-state index contributed by atoms with van der Waals surface area (Å²) in [7, 11) is 1.28. The van der Waals surface area contributed by atoms with Crippen molar-refractivity contribution in [3.8, 4) is 11.5 Å². The Morgan fingerprint density at radius 3 is 2.79 bits per heavy atom. The van der Waals surface area contributed by atoms with Crippen LogP contribution >= 0.6 is 0 Å². The standard InChI is InChI=1S/C26H33N5O8/c1-4-37-20-13-17(24-23(25(33)35-3)16(2)28-26(34)29-24)5-7-19(20)38-15-21(32)30-27-14-18-6-8-22(39-18)31-9-11-36-12-10-31/h5-8,13-14,21,24,30,32H,4,9-12,15H2,1-3H3,(H2,28,29,34)/b27-14-/t21-,24+/m0/s1. The van der Waals surface area contributed by atoms with Gasteiger partial charge in [-0.3, -0.25) is 5.43 Å². The van der Waals surface area contributed by atoms with Gasteiger partial charge in [-0.15, -0.1) is 0 Å². The minimum absolute atomic E-state index is 0.134. The molecule has 1 aromatic heterocycles. The molecule has 1 fully saturated rings. The SMILES string of the molecule is CCOc1cc([C@H]2NC(=O)NC(C)=C2C(=O)OC)ccc1OC[C@H](O)N/N=C\c1ccc(N2CCOCC2)o1. The van der Waals surface area contributed by atoms with Gasteiger partial charge in [-0.2, -0.15) is 5.10 Å². The summed E-state index contributed by atoms with van der Waals surface area (Å²) in [6.07, 6.45) is 0.347. The van der Waals surface area contributed by atoms with Gasteiger partial charge in [-0.25, -0.2) is 9.59 Å². The lowest BCUT2D eigenvalue weighted by Crippen LogP contribution is -2.45. The number of nitrogens with zero attached hydrogens (tertiary/aromatic N) is 2. The minimum Gasteiger partial charge on any atom is -0.490 e. The fourth-order valence-electron chi connectivity index (χ4n) is 4.17. The molecule has 13 heteroatoms. The van der Waals surface area contributed by atoms with Crippen LogP contribution in [-0.2, 0) is 14.3 Å². The number of anilines is 1. The molecular weight excluding hydrogens is 510 g/mol. The number of carbonyl (C=O) groups is 2. The van der Waals surface area contributed by atoms with Crippen molar-refractivity contribution in [2.45, 2.75) is 26.1 Å². The van der Waals surface area contributed by atoms with Crippen LogP contribution in [0.5, 0.6) is 11.5 Å². The molecule has 2 aromatic rings. The maximum Gasteiger partial charge on any atom is 0.337 e. The summed E-state index contributed by atoms with van der Waals surface area (Å²) in [5.74, 6) is 1.46. The van der Waals surface area contributed by atoms with E-state index in [0.717, 1.165) is 19.0 Å².